The number of hydrogen-bond acceptors (Lipinski definition) is 4. The number of ether oxygens (including phenoxy) is 1. The van der Waals surface area contributed by atoms with Crippen LogP contribution in [0.5, 0.6) is 5.75 Å². The van der Waals surface area contributed by atoms with Crippen LogP contribution in [-0.4, -0.2) is 22.3 Å². The maximum Gasteiger partial charge on any atom is 0.275 e. The molecule has 0 radical (unpaired) electrons. The van der Waals surface area contributed by atoms with Gasteiger partial charge in [-0.3, -0.25) is 9.59 Å². The lowest BCUT2D eigenvalue weighted by atomic mass is 10.0. The van der Waals surface area contributed by atoms with Crippen molar-refractivity contribution in [1.82, 2.24) is 9.78 Å². The van der Waals surface area contributed by atoms with Gasteiger partial charge in [0.15, 0.2) is 0 Å². The third-order valence-corrected chi connectivity index (χ3v) is 4.90. The summed E-state index contributed by atoms with van der Waals surface area (Å²) < 4.78 is 6.65. The smallest absolute Gasteiger partial charge is 0.275 e. The van der Waals surface area contributed by atoms with Gasteiger partial charge in [0.25, 0.3) is 5.56 Å². The minimum atomic E-state index is -0.320. The van der Waals surface area contributed by atoms with Gasteiger partial charge in [-0.1, -0.05) is 48.5 Å². The highest BCUT2D eigenvalue weighted by Crippen LogP contribution is 2.18. The van der Waals surface area contributed by atoms with Gasteiger partial charge in [0.2, 0.25) is 5.91 Å². The number of rotatable bonds is 7. The first-order chi connectivity index (χ1) is 15.1. The summed E-state index contributed by atoms with van der Waals surface area (Å²) in [6.07, 6.45) is 0.572. The Bertz CT molecular complexity index is 1250. The molecule has 1 heterocycles. The van der Waals surface area contributed by atoms with E-state index in [2.05, 4.69) is 10.4 Å². The second kappa shape index (κ2) is 9.26. The van der Waals surface area contributed by atoms with Crippen LogP contribution in [0.3, 0.4) is 0 Å². The van der Waals surface area contributed by atoms with E-state index in [1.165, 1.54) is 4.68 Å². The lowest BCUT2D eigenvalue weighted by Gasteiger charge is -2.12. The second-order valence-electron chi connectivity index (χ2n) is 7.12. The molecule has 0 unspecified atom stereocenters. The molecule has 0 aliphatic heterocycles. The molecule has 6 nitrogen and oxygen atoms in total. The number of fused-ring (bicyclic) bond motifs is 1. The van der Waals surface area contributed by atoms with E-state index in [1.807, 2.05) is 55.5 Å². The van der Waals surface area contributed by atoms with Crippen molar-refractivity contribution in [1.29, 1.82) is 0 Å². The molecule has 0 saturated heterocycles. The number of hydrogen-bond donors (Lipinski definition) is 1. The van der Waals surface area contributed by atoms with Gasteiger partial charge in [0, 0.05) is 17.5 Å². The highest BCUT2D eigenvalue weighted by molar-refractivity contribution is 5.91. The van der Waals surface area contributed by atoms with Crippen LogP contribution in [0.2, 0.25) is 0 Å². The Morgan fingerprint density at radius 1 is 0.935 bits per heavy atom. The van der Waals surface area contributed by atoms with Crippen LogP contribution in [0, 0.1) is 0 Å². The van der Waals surface area contributed by atoms with E-state index in [4.69, 9.17) is 4.74 Å². The molecule has 4 aromatic rings. The Hall–Kier alpha value is -3.93. The van der Waals surface area contributed by atoms with Crippen molar-refractivity contribution in [2.45, 2.75) is 19.9 Å². The first kappa shape index (κ1) is 20.3. The first-order valence-electron chi connectivity index (χ1n) is 10.2. The molecule has 31 heavy (non-hydrogen) atoms. The molecule has 0 spiro atoms. The van der Waals surface area contributed by atoms with E-state index in [0.29, 0.717) is 24.1 Å². The summed E-state index contributed by atoms with van der Waals surface area (Å²) in [5, 5.41) is 8.71. The van der Waals surface area contributed by atoms with Gasteiger partial charge in [-0.2, -0.15) is 5.10 Å². The van der Waals surface area contributed by atoms with Crippen molar-refractivity contribution >= 4 is 22.4 Å². The predicted octanol–water partition coefficient (Wildman–Crippen LogP) is 4.02. The number of carbonyl (C=O) groups is 1. The fourth-order valence-corrected chi connectivity index (χ4v) is 3.47. The van der Waals surface area contributed by atoms with Crippen LogP contribution in [0.15, 0.2) is 83.7 Å². The molecule has 1 N–H and O–H groups in total. The van der Waals surface area contributed by atoms with E-state index in [-0.39, 0.29) is 18.0 Å². The summed E-state index contributed by atoms with van der Waals surface area (Å²) in [6.45, 7) is 2.32. The molecular formula is C25H23N3O3. The number of nitrogens with one attached hydrogen (secondary N) is 1. The van der Waals surface area contributed by atoms with Gasteiger partial charge in [0.05, 0.1) is 17.7 Å². The Labute approximate surface area is 180 Å². The van der Waals surface area contributed by atoms with Gasteiger partial charge in [-0.25, -0.2) is 4.68 Å². The molecule has 0 fully saturated rings. The van der Waals surface area contributed by atoms with Crippen LogP contribution in [0.25, 0.3) is 10.8 Å². The monoisotopic (exact) mass is 413 g/mol. The summed E-state index contributed by atoms with van der Waals surface area (Å²) in [7, 11) is 0. The maximum atomic E-state index is 12.9. The predicted molar refractivity (Wildman–Crippen MR) is 121 cm³/mol. The Morgan fingerprint density at radius 2 is 1.61 bits per heavy atom. The summed E-state index contributed by atoms with van der Waals surface area (Å²) in [6, 6.07) is 24.4. The van der Waals surface area contributed by atoms with Crippen molar-refractivity contribution in [3.8, 4) is 5.75 Å². The number of aromatic nitrogens is 2. The van der Waals surface area contributed by atoms with Gasteiger partial charge < -0.3 is 10.1 Å². The molecule has 0 aliphatic rings. The average Bonchev–Trinajstić information content (AvgIpc) is 2.79. The highest BCUT2D eigenvalue weighted by atomic mass is 16.5. The maximum absolute atomic E-state index is 12.9. The molecule has 156 valence electrons. The summed E-state index contributed by atoms with van der Waals surface area (Å²) in [4.78, 5) is 25.5. The molecule has 4 rings (SSSR count). The van der Waals surface area contributed by atoms with Crippen molar-refractivity contribution in [2.75, 3.05) is 11.9 Å². The molecular weight excluding hydrogens is 390 g/mol. The Morgan fingerprint density at radius 3 is 2.32 bits per heavy atom. The Kier molecular flexibility index (Phi) is 6.08. The fraction of sp³-hybridized carbons (Fsp3) is 0.160. The number of nitrogens with zero attached hydrogens (tertiary/aromatic N) is 2. The minimum Gasteiger partial charge on any atom is -0.494 e. The van der Waals surface area contributed by atoms with E-state index in [1.54, 1.807) is 30.3 Å². The summed E-state index contributed by atoms with van der Waals surface area (Å²) in [5.41, 5.74) is 2.19. The van der Waals surface area contributed by atoms with Gasteiger partial charge in [0.1, 0.15) is 12.3 Å². The topological polar surface area (TPSA) is 73.2 Å². The van der Waals surface area contributed by atoms with Gasteiger partial charge in [-0.05, 0) is 42.8 Å². The van der Waals surface area contributed by atoms with Gasteiger partial charge >= 0.3 is 0 Å². The van der Waals surface area contributed by atoms with Crippen molar-refractivity contribution < 1.29 is 9.53 Å². The van der Waals surface area contributed by atoms with Gasteiger partial charge in [-0.15, -0.1) is 0 Å². The zero-order chi connectivity index (χ0) is 21.6. The normalized spacial score (nSPS) is 10.7. The summed E-state index contributed by atoms with van der Waals surface area (Å²) in [5.74, 6) is 0.415. The third-order valence-electron chi connectivity index (χ3n) is 4.90. The SMILES string of the molecule is CCOc1ccc(NC(=O)Cn2nc(Cc3ccccc3)c3ccccc3c2=O)cc1. The molecule has 0 saturated carbocycles. The number of amides is 1. The number of benzene rings is 3. The quantitative estimate of drug-likeness (QED) is 0.497. The van der Waals surface area contributed by atoms with Crippen LogP contribution >= 0.6 is 0 Å². The lowest BCUT2D eigenvalue weighted by molar-refractivity contribution is -0.117. The second-order valence-corrected chi connectivity index (χ2v) is 7.12. The van der Waals surface area contributed by atoms with E-state index < -0.39 is 0 Å². The highest BCUT2D eigenvalue weighted by Gasteiger charge is 2.13. The van der Waals surface area contributed by atoms with E-state index in [9.17, 15) is 9.59 Å². The molecule has 1 amide bonds. The third kappa shape index (κ3) is 4.80. The van der Waals surface area contributed by atoms with Crippen molar-refractivity contribution in [3.63, 3.8) is 0 Å². The van der Waals surface area contributed by atoms with Crippen LogP contribution in [-0.2, 0) is 17.8 Å². The van der Waals surface area contributed by atoms with Crippen molar-refractivity contribution in [2.24, 2.45) is 0 Å². The van der Waals surface area contributed by atoms with Crippen LogP contribution in [0.4, 0.5) is 5.69 Å². The van der Waals surface area contributed by atoms with Crippen LogP contribution in [0.1, 0.15) is 18.2 Å². The molecule has 3 aromatic carbocycles. The average molecular weight is 413 g/mol. The molecule has 1 aromatic heterocycles. The zero-order valence-electron chi connectivity index (χ0n) is 17.2. The minimum absolute atomic E-state index is 0.168. The largest absolute Gasteiger partial charge is 0.494 e. The number of carbonyl (C=O) groups excluding carboxylic acids is 1. The fourth-order valence-electron chi connectivity index (χ4n) is 3.47. The zero-order valence-corrected chi connectivity index (χ0v) is 17.2. The molecule has 0 aliphatic carbocycles. The summed E-state index contributed by atoms with van der Waals surface area (Å²) >= 11 is 0. The standard InChI is InChI=1S/C25H23N3O3/c1-2-31-20-14-12-19(13-15-20)26-24(29)17-28-25(30)22-11-7-6-10-21(22)23(27-28)16-18-8-4-3-5-9-18/h3-15H,2,16-17H2,1H3,(H,26,29). The molecule has 6 heteroatoms. The number of anilines is 1. The first-order valence-corrected chi connectivity index (χ1v) is 10.2. The van der Waals surface area contributed by atoms with E-state index in [0.717, 1.165) is 22.4 Å². The Balaban J connectivity index is 1.60. The molecule has 0 bridgehead atoms. The van der Waals surface area contributed by atoms with E-state index >= 15 is 0 Å². The van der Waals surface area contributed by atoms with Crippen molar-refractivity contribution in [3.05, 3.63) is 100 Å². The lowest BCUT2D eigenvalue weighted by Crippen LogP contribution is -2.30. The molecule has 0 atom stereocenters. The van der Waals surface area contributed by atoms with Crippen LogP contribution < -0.4 is 15.6 Å².